The van der Waals surface area contributed by atoms with Gasteiger partial charge in [0.25, 0.3) is 0 Å². The fourth-order valence-electron chi connectivity index (χ4n) is 0.935. The molecule has 0 unspecified atom stereocenters. The summed E-state index contributed by atoms with van der Waals surface area (Å²) in [5.41, 5.74) is 0. The average Bonchev–Trinajstić information content (AvgIpc) is 2.28. The molecule has 0 spiro atoms. The summed E-state index contributed by atoms with van der Waals surface area (Å²) in [5.74, 6) is -1.04. The van der Waals surface area contributed by atoms with Gasteiger partial charge in [0.05, 0.1) is 6.61 Å². The number of esters is 1. The Kier molecular flexibility index (Phi) is 3.25. The minimum atomic E-state index is -4.67. The Balaban J connectivity index is 2.48. The van der Waals surface area contributed by atoms with Gasteiger partial charge in [-0.25, -0.2) is 9.36 Å². The summed E-state index contributed by atoms with van der Waals surface area (Å²) in [6.45, 7) is -0.672. The van der Waals surface area contributed by atoms with E-state index in [0.29, 0.717) is 0 Å². The first-order chi connectivity index (χ1) is 6.31. The van der Waals surface area contributed by atoms with Crippen LogP contribution in [-0.2, 0) is 18.6 Å². The molecule has 14 heavy (non-hydrogen) atoms. The average molecular weight is 228 g/mol. The second kappa shape index (κ2) is 3.93. The van der Waals surface area contributed by atoms with Crippen LogP contribution in [0.4, 0.5) is 0 Å². The van der Waals surface area contributed by atoms with E-state index in [0.717, 1.165) is 0 Å². The first-order valence-electron chi connectivity index (χ1n) is 3.58. The Morgan fingerprint density at radius 1 is 1.43 bits per heavy atom. The van der Waals surface area contributed by atoms with Crippen molar-refractivity contribution in [1.29, 1.82) is 0 Å². The normalized spacial score (nSPS) is 33.1. The van der Waals surface area contributed by atoms with E-state index in [-0.39, 0.29) is 0 Å². The van der Waals surface area contributed by atoms with Gasteiger partial charge in [0.1, 0.15) is 6.10 Å². The predicted octanol–water partition coefficient (Wildman–Crippen LogP) is -2.26. The number of rotatable bonds is 3. The van der Waals surface area contributed by atoms with Crippen LogP contribution < -0.4 is 0 Å². The number of carbonyl (C=O) groups is 1. The molecule has 82 valence electrons. The van der Waals surface area contributed by atoms with Gasteiger partial charge in [-0.2, -0.15) is 0 Å². The molecule has 0 radical (unpaired) electrons. The molecule has 1 aliphatic heterocycles. The minimum Gasteiger partial charge on any atom is -0.455 e. The SMILES string of the molecule is O=C1O[C@H](COP(=O)(O)O)[C@H](O)[C@H]1O. The van der Waals surface area contributed by atoms with Crippen LogP contribution in [0.2, 0.25) is 0 Å². The Morgan fingerprint density at radius 3 is 2.36 bits per heavy atom. The Hall–Kier alpha value is -0.500. The molecule has 1 heterocycles. The third kappa shape index (κ3) is 2.74. The van der Waals surface area contributed by atoms with Crippen LogP contribution in [0.3, 0.4) is 0 Å². The Morgan fingerprint density at radius 2 is 2.00 bits per heavy atom. The third-order valence-electron chi connectivity index (χ3n) is 1.62. The molecule has 0 aromatic rings. The van der Waals surface area contributed by atoms with Crippen molar-refractivity contribution in [2.24, 2.45) is 0 Å². The van der Waals surface area contributed by atoms with Crippen LogP contribution in [0.25, 0.3) is 0 Å². The molecular formula is C5H9O8P. The number of carbonyl (C=O) groups excluding carboxylic acids is 1. The first-order valence-corrected chi connectivity index (χ1v) is 5.11. The van der Waals surface area contributed by atoms with Crippen molar-refractivity contribution >= 4 is 13.8 Å². The fourth-order valence-corrected chi connectivity index (χ4v) is 1.28. The largest absolute Gasteiger partial charge is 0.469 e. The van der Waals surface area contributed by atoms with Crippen LogP contribution in [-0.4, -0.2) is 50.9 Å². The lowest BCUT2D eigenvalue weighted by atomic mass is 10.1. The predicted molar refractivity (Wildman–Crippen MR) is 39.9 cm³/mol. The van der Waals surface area contributed by atoms with Gasteiger partial charge in [0.15, 0.2) is 12.2 Å². The van der Waals surface area contributed by atoms with E-state index in [4.69, 9.17) is 20.0 Å². The molecule has 0 aliphatic carbocycles. The Bertz CT molecular complexity index is 271. The molecule has 1 fully saturated rings. The third-order valence-corrected chi connectivity index (χ3v) is 2.11. The maximum atomic E-state index is 10.6. The molecule has 8 nitrogen and oxygen atoms in total. The zero-order valence-corrected chi connectivity index (χ0v) is 7.70. The van der Waals surface area contributed by atoms with Crippen molar-refractivity contribution < 1.29 is 38.6 Å². The molecule has 4 N–H and O–H groups in total. The van der Waals surface area contributed by atoms with E-state index in [1.807, 2.05) is 0 Å². The minimum absolute atomic E-state index is 0.672. The van der Waals surface area contributed by atoms with Gasteiger partial charge in [-0.1, -0.05) is 0 Å². The van der Waals surface area contributed by atoms with Crippen molar-refractivity contribution in [1.82, 2.24) is 0 Å². The van der Waals surface area contributed by atoms with Crippen molar-refractivity contribution in [2.45, 2.75) is 18.3 Å². The molecule has 1 rings (SSSR count). The highest BCUT2D eigenvalue weighted by atomic mass is 31.2. The zero-order valence-electron chi connectivity index (χ0n) is 6.81. The maximum Gasteiger partial charge on any atom is 0.469 e. The van der Waals surface area contributed by atoms with E-state index in [1.165, 1.54) is 0 Å². The van der Waals surface area contributed by atoms with Crippen molar-refractivity contribution in [3.63, 3.8) is 0 Å². The molecule has 9 heteroatoms. The molecule has 0 amide bonds. The summed E-state index contributed by atoms with van der Waals surface area (Å²) in [5, 5.41) is 18.0. The smallest absolute Gasteiger partial charge is 0.455 e. The van der Waals surface area contributed by atoms with E-state index in [9.17, 15) is 9.36 Å². The quantitative estimate of drug-likeness (QED) is 0.314. The second-order valence-corrected chi connectivity index (χ2v) is 3.94. The van der Waals surface area contributed by atoms with Crippen LogP contribution >= 0.6 is 7.82 Å². The molecule has 0 saturated carbocycles. The van der Waals surface area contributed by atoms with Gasteiger partial charge in [-0.05, 0) is 0 Å². The highest BCUT2D eigenvalue weighted by molar-refractivity contribution is 7.46. The van der Waals surface area contributed by atoms with Gasteiger partial charge in [-0.15, -0.1) is 0 Å². The highest BCUT2D eigenvalue weighted by Crippen LogP contribution is 2.36. The van der Waals surface area contributed by atoms with Gasteiger partial charge < -0.3 is 24.7 Å². The summed E-state index contributed by atoms with van der Waals surface area (Å²) in [6.07, 6.45) is -4.49. The van der Waals surface area contributed by atoms with E-state index in [1.54, 1.807) is 0 Å². The van der Waals surface area contributed by atoms with Crippen LogP contribution in [0.1, 0.15) is 0 Å². The molecule has 1 aliphatic rings. The summed E-state index contributed by atoms with van der Waals surface area (Å²) in [7, 11) is -4.67. The van der Waals surface area contributed by atoms with Crippen molar-refractivity contribution in [3.8, 4) is 0 Å². The number of cyclic esters (lactones) is 1. The van der Waals surface area contributed by atoms with Gasteiger partial charge >= 0.3 is 13.8 Å². The number of phosphoric acid groups is 1. The lowest BCUT2D eigenvalue weighted by Crippen LogP contribution is -2.33. The van der Waals surface area contributed by atoms with Gasteiger partial charge in [0, 0.05) is 0 Å². The van der Waals surface area contributed by atoms with E-state index in [2.05, 4.69) is 9.26 Å². The Labute approximate surface area is 78.3 Å². The van der Waals surface area contributed by atoms with Crippen molar-refractivity contribution in [3.05, 3.63) is 0 Å². The van der Waals surface area contributed by atoms with E-state index < -0.39 is 38.7 Å². The lowest BCUT2D eigenvalue weighted by molar-refractivity contribution is -0.148. The number of phosphoric ester groups is 1. The summed E-state index contributed by atoms with van der Waals surface area (Å²) < 4.78 is 18.6. The molecule has 0 aromatic heterocycles. The number of aliphatic hydroxyl groups is 2. The lowest BCUT2D eigenvalue weighted by Gasteiger charge is -2.13. The standard InChI is InChI=1S/C5H9O8P/c6-3-2(1-12-14(9,10)11)13-5(8)4(3)7/h2-4,6-7H,1H2,(H2,9,10,11)/t2-,3+,4-/m1/s1. The van der Waals surface area contributed by atoms with Crippen molar-refractivity contribution in [2.75, 3.05) is 6.61 Å². The first kappa shape index (κ1) is 11.6. The molecule has 0 aromatic carbocycles. The van der Waals surface area contributed by atoms with Crippen LogP contribution in [0.5, 0.6) is 0 Å². The summed E-state index contributed by atoms with van der Waals surface area (Å²) in [4.78, 5) is 27.2. The molecule has 1 saturated heterocycles. The number of ether oxygens (including phenoxy) is 1. The van der Waals surface area contributed by atoms with Crippen LogP contribution in [0.15, 0.2) is 0 Å². The number of aliphatic hydroxyl groups excluding tert-OH is 2. The number of hydrogen-bond acceptors (Lipinski definition) is 6. The van der Waals surface area contributed by atoms with Gasteiger partial charge in [0.2, 0.25) is 0 Å². The topological polar surface area (TPSA) is 134 Å². The zero-order chi connectivity index (χ0) is 10.9. The second-order valence-electron chi connectivity index (χ2n) is 2.70. The molecule has 0 bridgehead atoms. The van der Waals surface area contributed by atoms with Gasteiger partial charge in [-0.3, -0.25) is 4.52 Å². The molecular weight excluding hydrogens is 219 g/mol. The van der Waals surface area contributed by atoms with Crippen LogP contribution in [0, 0.1) is 0 Å². The maximum absolute atomic E-state index is 10.6. The fraction of sp³-hybridized carbons (Fsp3) is 0.800. The monoisotopic (exact) mass is 228 g/mol. The van der Waals surface area contributed by atoms with E-state index >= 15 is 0 Å². The summed E-state index contributed by atoms with van der Waals surface area (Å²) >= 11 is 0. The summed E-state index contributed by atoms with van der Waals surface area (Å²) in [6, 6.07) is 0. The number of hydrogen-bond donors (Lipinski definition) is 4. The highest BCUT2D eigenvalue weighted by Gasteiger charge is 2.43. The molecule has 3 atom stereocenters.